The van der Waals surface area contributed by atoms with E-state index >= 15 is 0 Å². The third-order valence-corrected chi connectivity index (χ3v) is 3.70. The average molecular weight is 295 g/mol. The van der Waals surface area contributed by atoms with Crippen LogP contribution in [0.1, 0.15) is 12.0 Å². The van der Waals surface area contributed by atoms with Crippen LogP contribution in [0.4, 0.5) is 5.82 Å². The van der Waals surface area contributed by atoms with Crippen LogP contribution in [0.3, 0.4) is 0 Å². The molecule has 0 amide bonds. The largest absolute Gasteiger partial charge is 0.508 e. The van der Waals surface area contributed by atoms with Gasteiger partial charge in [-0.05, 0) is 29.6 Å². The fourth-order valence-electron chi connectivity index (χ4n) is 1.92. The second kappa shape index (κ2) is 6.25. The Balaban J connectivity index is 1.59. The van der Waals surface area contributed by atoms with E-state index in [1.54, 1.807) is 35.9 Å². The van der Waals surface area contributed by atoms with Crippen LogP contribution in [-0.4, -0.2) is 21.6 Å². The fraction of sp³-hybridized carbons (Fsp3) is 0.125. The van der Waals surface area contributed by atoms with Crippen molar-refractivity contribution in [2.24, 2.45) is 0 Å². The molecule has 0 aliphatic rings. The lowest BCUT2D eigenvalue weighted by Gasteiger charge is -2.03. The molecular weight excluding hydrogens is 282 g/mol. The van der Waals surface area contributed by atoms with Gasteiger partial charge >= 0.3 is 0 Å². The number of fused-ring (bicyclic) bond motifs is 1. The van der Waals surface area contributed by atoms with E-state index in [-0.39, 0.29) is 5.75 Å². The minimum atomic E-state index is 0.237. The summed E-state index contributed by atoms with van der Waals surface area (Å²) >= 11 is 1.60. The standard InChI is InChI=1S/C16H13N3OS/c20-13-6-3-5-12(10-13)4-1-2-8-17-15-14-7-9-21-16(14)19-11-18-15/h3,5-7,9-11,20H,2,8H2,(H,17,18,19). The van der Waals surface area contributed by atoms with Crippen molar-refractivity contribution >= 4 is 27.4 Å². The van der Waals surface area contributed by atoms with E-state index in [0.717, 1.165) is 21.6 Å². The van der Waals surface area contributed by atoms with Crippen LogP contribution in [0, 0.1) is 11.8 Å². The summed E-state index contributed by atoms with van der Waals surface area (Å²) in [5.74, 6) is 7.18. The van der Waals surface area contributed by atoms with Crippen molar-refractivity contribution in [2.75, 3.05) is 11.9 Å². The van der Waals surface area contributed by atoms with Gasteiger partial charge in [0.15, 0.2) is 0 Å². The van der Waals surface area contributed by atoms with Gasteiger partial charge < -0.3 is 10.4 Å². The fourth-order valence-corrected chi connectivity index (χ4v) is 2.66. The SMILES string of the molecule is Oc1cccc(C#CCCNc2ncnc3sccc23)c1. The molecule has 0 aliphatic carbocycles. The molecule has 1 aromatic carbocycles. The number of thiophene rings is 1. The molecule has 0 fully saturated rings. The molecular formula is C16H13N3OS. The number of phenols is 1. The molecule has 3 aromatic rings. The van der Waals surface area contributed by atoms with Crippen LogP contribution in [-0.2, 0) is 0 Å². The van der Waals surface area contributed by atoms with Crippen molar-refractivity contribution in [1.82, 2.24) is 9.97 Å². The molecule has 0 spiro atoms. The molecule has 5 heteroatoms. The van der Waals surface area contributed by atoms with Gasteiger partial charge in [-0.3, -0.25) is 0 Å². The molecule has 21 heavy (non-hydrogen) atoms. The molecule has 0 bridgehead atoms. The van der Waals surface area contributed by atoms with E-state index in [2.05, 4.69) is 27.1 Å². The highest BCUT2D eigenvalue weighted by Gasteiger charge is 2.02. The molecule has 0 radical (unpaired) electrons. The normalized spacial score (nSPS) is 10.1. The maximum atomic E-state index is 9.35. The number of phenolic OH excluding ortho intramolecular Hbond substituents is 1. The topological polar surface area (TPSA) is 58.0 Å². The van der Waals surface area contributed by atoms with Gasteiger partial charge in [0, 0.05) is 18.5 Å². The Kier molecular flexibility index (Phi) is 3.99. The van der Waals surface area contributed by atoms with Crippen molar-refractivity contribution in [1.29, 1.82) is 0 Å². The van der Waals surface area contributed by atoms with E-state index in [0.29, 0.717) is 13.0 Å². The zero-order valence-electron chi connectivity index (χ0n) is 11.2. The first-order valence-electron chi connectivity index (χ1n) is 6.53. The molecule has 2 heterocycles. The summed E-state index contributed by atoms with van der Waals surface area (Å²) in [7, 11) is 0. The molecule has 0 aliphatic heterocycles. The molecule has 104 valence electrons. The first-order valence-corrected chi connectivity index (χ1v) is 7.41. The predicted molar refractivity (Wildman–Crippen MR) is 85.5 cm³/mol. The lowest BCUT2D eigenvalue weighted by molar-refractivity contribution is 0.475. The molecule has 0 atom stereocenters. The summed E-state index contributed by atoms with van der Waals surface area (Å²) < 4.78 is 0. The zero-order valence-corrected chi connectivity index (χ0v) is 12.0. The Bertz CT molecular complexity index is 817. The monoisotopic (exact) mass is 295 g/mol. The second-order valence-corrected chi connectivity index (χ2v) is 5.29. The summed E-state index contributed by atoms with van der Waals surface area (Å²) in [6.07, 6.45) is 2.27. The molecule has 0 saturated carbocycles. The maximum Gasteiger partial charge on any atom is 0.138 e. The van der Waals surface area contributed by atoms with Crippen LogP contribution in [0.5, 0.6) is 5.75 Å². The van der Waals surface area contributed by atoms with Crippen molar-refractivity contribution in [2.45, 2.75) is 6.42 Å². The van der Waals surface area contributed by atoms with E-state index in [9.17, 15) is 5.11 Å². The maximum absolute atomic E-state index is 9.35. The van der Waals surface area contributed by atoms with Gasteiger partial charge in [-0.15, -0.1) is 11.3 Å². The summed E-state index contributed by atoms with van der Waals surface area (Å²) in [4.78, 5) is 9.44. The number of anilines is 1. The highest BCUT2D eigenvalue weighted by molar-refractivity contribution is 7.16. The lowest BCUT2D eigenvalue weighted by atomic mass is 10.2. The molecule has 3 rings (SSSR count). The van der Waals surface area contributed by atoms with Crippen LogP contribution in [0.25, 0.3) is 10.2 Å². The van der Waals surface area contributed by atoms with Crippen molar-refractivity contribution < 1.29 is 5.11 Å². The van der Waals surface area contributed by atoms with E-state index in [4.69, 9.17) is 0 Å². The number of hydrogen-bond acceptors (Lipinski definition) is 5. The summed E-state index contributed by atoms with van der Waals surface area (Å²) in [6.45, 7) is 0.716. The van der Waals surface area contributed by atoms with Crippen molar-refractivity contribution in [3.05, 3.63) is 47.6 Å². The minimum Gasteiger partial charge on any atom is -0.508 e. The summed E-state index contributed by atoms with van der Waals surface area (Å²) in [5.41, 5.74) is 0.817. The average Bonchev–Trinajstić information content (AvgIpc) is 2.96. The first-order chi connectivity index (χ1) is 10.3. The Morgan fingerprint density at radius 3 is 3.10 bits per heavy atom. The first kappa shape index (κ1) is 13.4. The number of rotatable bonds is 3. The number of aromatic hydroxyl groups is 1. The number of benzene rings is 1. The summed E-state index contributed by atoms with van der Waals surface area (Å²) in [6, 6.07) is 8.96. The van der Waals surface area contributed by atoms with E-state index in [1.807, 2.05) is 17.5 Å². The number of hydrogen-bond donors (Lipinski definition) is 2. The van der Waals surface area contributed by atoms with Gasteiger partial charge in [-0.1, -0.05) is 17.9 Å². The van der Waals surface area contributed by atoms with E-state index < -0.39 is 0 Å². The third kappa shape index (κ3) is 3.30. The van der Waals surface area contributed by atoms with Crippen molar-refractivity contribution in [3.63, 3.8) is 0 Å². The zero-order chi connectivity index (χ0) is 14.5. The van der Waals surface area contributed by atoms with Gasteiger partial charge in [0.25, 0.3) is 0 Å². The van der Waals surface area contributed by atoms with Crippen LogP contribution >= 0.6 is 11.3 Å². The van der Waals surface area contributed by atoms with Gasteiger partial charge in [0.2, 0.25) is 0 Å². The predicted octanol–water partition coefficient (Wildman–Crippen LogP) is 3.25. The molecule has 0 saturated heterocycles. The Hall–Kier alpha value is -2.58. The van der Waals surface area contributed by atoms with Gasteiger partial charge in [-0.25, -0.2) is 9.97 Å². The van der Waals surface area contributed by atoms with Gasteiger partial charge in [-0.2, -0.15) is 0 Å². The second-order valence-electron chi connectivity index (χ2n) is 4.39. The highest BCUT2D eigenvalue weighted by Crippen LogP contribution is 2.23. The van der Waals surface area contributed by atoms with Crippen molar-refractivity contribution in [3.8, 4) is 17.6 Å². The highest BCUT2D eigenvalue weighted by atomic mass is 32.1. The Morgan fingerprint density at radius 2 is 2.19 bits per heavy atom. The Labute approximate surface area is 126 Å². The van der Waals surface area contributed by atoms with Crippen LogP contribution < -0.4 is 5.32 Å². The molecule has 2 N–H and O–H groups in total. The number of nitrogens with one attached hydrogen (secondary N) is 1. The Morgan fingerprint density at radius 1 is 1.24 bits per heavy atom. The molecule has 2 aromatic heterocycles. The minimum absolute atomic E-state index is 0.237. The van der Waals surface area contributed by atoms with Crippen LogP contribution in [0.15, 0.2) is 42.0 Å². The number of nitrogens with zero attached hydrogens (tertiary/aromatic N) is 2. The lowest BCUT2D eigenvalue weighted by Crippen LogP contribution is -2.02. The summed E-state index contributed by atoms with van der Waals surface area (Å²) in [5, 5.41) is 15.7. The van der Waals surface area contributed by atoms with Gasteiger partial charge in [0.1, 0.15) is 22.7 Å². The molecule has 4 nitrogen and oxygen atoms in total. The van der Waals surface area contributed by atoms with E-state index in [1.165, 1.54) is 0 Å². The van der Waals surface area contributed by atoms with Crippen LogP contribution in [0.2, 0.25) is 0 Å². The third-order valence-electron chi connectivity index (χ3n) is 2.88. The quantitative estimate of drug-likeness (QED) is 0.575. The smallest absolute Gasteiger partial charge is 0.138 e. The van der Waals surface area contributed by atoms with Gasteiger partial charge in [0.05, 0.1) is 5.39 Å². The molecule has 0 unspecified atom stereocenters. The number of aromatic nitrogens is 2.